The first kappa shape index (κ1) is 9.52. The van der Waals surface area contributed by atoms with Crippen molar-refractivity contribution in [1.29, 1.82) is 0 Å². The third-order valence-corrected chi connectivity index (χ3v) is 3.13. The lowest BCUT2D eigenvalue weighted by atomic mass is 9.98. The van der Waals surface area contributed by atoms with Gasteiger partial charge in [-0.25, -0.2) is 0 Å². The molecule has 1 atom stereocenters. The summed E-state index contributed by atoms with van der Waals surface area (Å²) in [5, 5.41) is 3.14. The summed E-state index contributed by atoms with van der Waals surface area (Å²) in [7, 11) is 0. The topological polar surface area (TPSA) is 55.1 Å². The van der Waals surface area contributed by atoms with Crippen LogP contribution in [0.25, 0.3) is 0 Å². The minimum absolute atomic E-state index is 0.235. The number of nitrogens with two attached hydrogens (primary N) is 1. The predicted molar refractivity (Wildman–Crippen MR) is 59.1 cm³/mol. The summed E-state index contributed by atoms with van der Waals surface area (Å²) in [6.45, 7) is 0. The summed E-state index contributed by atoms with van der Waals surface area (Å²) in [6, 6.07) is 5.77. The number of aryl methyl sites for hydroxylation is 1. The van der Waals surface area contributed by atoms with Gasteiger partial charge in [-0.3, -0.25) is 4.79 Å². The highest BCUT2D eigenvalue weighted by Crippen LogP contribution is 2.31. The lowest BCUT2D eigenvalue weighted by Gasteiger charge is -2.25. The van der Waals surface area contributed by atoms with E-state index in [1.165, 1.54) is 5.56 Å². The molecule has 0 spiro atoms. The van der Waals surface area contributed by atoms with Crippen LogP contribution in [-0.2, 0) is 11.2 Å². The molecule has 3 N–H and O–H groups in total. The average molecular weight is 255 g/mol. The van der Waals surface area contributed by atoms with Gasteiger partial charge in [-0.15, -0.1) is 0 Å². The van der Waals surface area contributed by atoms with Crippen LogP contribution in [0.15, 0.2) is 22.7 Å². The average Bonchev–Trinajstić information content (AvgIpc) is 2.18. The number of carbonyl (C=O) groups excluding carboxylic acids is 1. The molecule has 1 unspecified atom stereocenters. The van der Waals surface area contributed by atoms with Gasteiger partial charge in [0.05, 0.1) is 5.69 Å². The van der Waals surface area contributed by atoms with Gasteiger partial charge in [0.15, 0.2) is 0 Å². The largest absolute Gasteiger partial charge is 0.373 e. The van der Waals surface area contributed by atoms with Crippen LogP contribution < -0.4 is 11.1 Å². The summed E-state index contributed by atoms with van der Waals surface area (Å²) in [4.78, 5) is 11.0. The van der Waals surface area contributed by atoms with E-state index in [1.807, 2.05) is 12.1 Å². The molecule has 0 saturated carbocycles. The number of anilines is 1. The minimum Gasteiger partial charge on any atom is -0.373 e. The Hall–Kier alpha value is -1.03. The molecule has 0 saturated heterocycles. The van der Waals surface area contributed by atoms with E-state index in [1.54, 1.807) is 0 Å². The van der Waals surface area contributed by atoms with Crippen LogP contribution in [0.1, 0.15) is 12.0 Å². The van der Waals surface area contributed by atoms with E-state index in [-0.39, 0.29) is 11.9 Å². The third kappa shape index (κ3) is 1.62. The molecule has 2 rings (SSSR count). The third-order valence-electron chi connectivity index (χ3n) is 2.46. The number of halogens is 1. The maximum Gasteiger partial charge on any atom is 0.239 e. The Bertz CT molecular complexity index is 378. The van der Waals surface area contributed by atoms with E-state index in [2.05, 4.69) is 27.3 Å². The second kappa shape index (κ2) is 3.61. The van der Waals surface area contributed by atoms with Crippen LogP contribution in [0.4, 0.5) is 5.69 Å². The Kier molecular flexibility index (Phi) is 2.46. The van der Waals surface area contributed by atoms with E-state index in [9.17, 15) is 4.79 Å². The molecule has 1 amide bonds. The van der Waals surface area contributed by atoms with Crippen LogP contribution in [-0.4, -0.2) is 11.9 Å². The highest BCUT2D eigenvalue weighted by Gasteiger charge is 2.22. The van der Waals surface area contributed by atoms with E-state index in [0.717, 1.165) is 23.0 Å². The van der Waals surface area contributed by atoms with Gasteiger partial charge in [-0.1, -0.05) is 12.1 Å². The van der Waals surface area contributed by atoms with Crippen LogP contribution in [0, 0.1) is 0 Å². The normalized spacial score (nSPS) is 19.6. The molecule has 0 aliphatic carbocycles. The van der Waals surface area contributed by atoms with Crippen molar-refractivity contribution in [3.05, 3.63) is 28.2 Å². The van der Waals surface area contributed by atoms with Gasteiger partial charge in [-0.2, -0.15) is 0 Å². The molecule has 0 radical (unpaired) electrons. The number of amides is 1. The van der Waals surface area contributed by atoms with Crippen LogP contribution in [0.5, 0.6) is 0 Å². The standard InChI is InChI=1S/C10H11BrN2O/c11-7-3-1-2-6-4-5-8(10(12)14)13-9(6)7/h1-3,8,13H,4-5H2,(H2,12,14). The fraction of sp³-hybridized carbons (Fsp3) is 0.300. The smallest absolute Gasteiger partial charge is 0.239 e. The summed E-state index contributed by atoms with van der Waals surface area (Å²) >= 11 is 3.44. The molecule has 3 nitrogen and oxygen atoms in total. The van der Waals surface area contributed by atoms with Crippen molar-refractivity contribution in [3.8, 4) is 0 Å². The molecule has 1 aliphatic heterocycles. The molecule has 0 fully saturated rings. The molecular weight excluding hydrogens is 244 g/mol. The van der Waals surface area contributed by atoms with Crippen molar-refractivity contribution in [1.82, 2.24) is 0 Å². The highest BCUT2D eigenvalue weighted by molar-refractivity contribution is 9.10. The molecule has 1 aliphatic rings. The van der Waals surface area contributed by atoms with Gasteiger partial charge in [0.25, 0.3) is 0 Å². The van der Waals surface area contributed by atoms with Crippen LogP contribution in [0.3, 0.4) is 0 Å². The molecular formula is C10H11BrN2O. The number of hydrogen-bond donors (Lipinski definition) is 2. The SMILES string of the molecule is NC(=O)C1CCc2cccc(Br)c2N1. The van der Waals surface area contributed by atoms with E-state index >= 15 is 0 Å². The number of fused-ring (bicyclic) bond motifs is 1. The first-order chi connectivity index (χ1) is 6.68. The fourth-order valence-electron chi connectivity index (χ4n) is 1.70. The monoisotopic (exact) mass is 254 g/mol. The first-order valence-electron chi connectivity index (χ1n) is 4.51. The Morgan fingerprint density at radius 3 is 3.07 bits per heavy atom. The van der Waals surface area contributed by atoms with Crippen molar-refractivity contribution < 1.29 is 4.79 Å². The molecule has 4 heteroatoms. The lowest BCUT2D eigenvalue weighted by Crippen LogP contribution is -2.38. The number of hydrogen-bond acceptors (Lipinski definition) is 2. The van der Waals surface area contributed by atoms with E-state index in [0.29, 0.717) is 0 Å². The molecule has 1 heterocycles. The highest BCUT2D eigenvalue weighted by atomic mass is 79.9. The van der Waals surface area contributed by atoms with Crippen LogP contribution in [0.2, 0.25) is 0 Å². The maximum absolute atomic E-state index is 11.0. The number of nitrogens with one attached hydrogen (secondary N) is 1. The zero-order valence-electron chi connectivity index (χ0n) is 7.59. The second-order valence-corrected chi connectivity index (χ2v) is 4.27. The van der Waals surface area contributed by atoms with Gasteiger partial charge in [0.1, 0.15) is 6.04 Å². The zero-order chi connectivity index (χ0) is 10.1. The number of primary amides is 1. The number of carbonyl (C=O) groups is 1. The van der Waals surface area contributed by atoms with Gasteiger partial charge in [-0.05, 0) is 40.4 Å². The predicted octanol–water partition coefficient (Wildman–Crippen LogP) is 1.66. The number of rotatable bonds is 1. The van der Waals surface area contributed by atoms with E-state index < -0.39 is 0 Å². The van der Waals surface area contributed by atoms with Crippen molar-refractivity contribution in [2.45, 2.75) is 18.9 Å². The van der Waals surface area contributed by atoms with Crippen molar-refractivity contribution >= 4 is 27.5 Å². The summed E-state index contributed by atoms with van der Waals surface area (Å²) in [6.07, 6.45) is 1.67. The summed E-state index contributed by atoms with van der Waals surface area (Å²) < 4.78 is 0.987. The zero-order valence-corrected chi connectivity index (χ0v) is 9.17. The molecule has 14 heavy (non-hydrogen) atoms. The Morgan fingerprint density at radius 2 is 2.36 bits per heavy atom. The van der Waals surface area contributed by atoms with Crippen LogP contribution >= 0.6 is 15.9 Å². The van der Waals surface area contributed by atoms with Gasteiger partial charge in [0.2, 0.25) is 5.91 Å². The number of benzene rings is 1. The Labute approximate surface area is 90.8 Å². The molecule has 1 aromatic rings. The molecule has 1 aromatic carbocycles. The minimum atomic E-state index is -0.286. The van der Waals surface area contributed by atoms with Crippen molar-refractivity contribution in [3.63, 3.8) is 0 Å². The molecule has 0 aromatic heterocycles. The van der Waals surface area contributed by atoms with Crippen molar-refractivity contribution in [2.24, 2.45) is 5.73 Å². The summed E-state index contributed by atoms with van der Waals surface area (Å²) in [5.74, 6) is -0.286. The van der Waals surface area contributed by atoms with Gasteiger partial charge >= 0.3 is 0 Å². The quantitative estimate of drug-likeness (QED) is 0.801. The maximum atomic E-state index is 11.0. The first-order valence-corrected chi connectivity index (χ1v) is 5.31. The Morgan fingerprint density at radius 1 is 1.57 bits per heavy atom. The molecule has 0 bridgehead atoms. The van der Waals surface area contributed by atoms with E-state index in [4.69, 9.17) is 5.73 Å². The van der Waals surface area contributed by atoms with Gasteiger partial charge in [0, 0.05) is 4.47 Å². The van der Waals surface area contributed by atoms with Crippen molar-refractivity contribution in [2.75, 3.05) is 5.32 Å². The second-order valence-electron chi connectivity index (χ2n) is 3.41. The number of para-hydroxylation sites is 1. The summed E-state index contributed by atoms with van der Waals surface area (Å²) in [5.41, 5.74) is 7.49. The lowest BCUT2D eigenvalue weighted by molar-refractivity contribution is -0.118. The molecule has 74 valence electrons. The fourth-order valence-corrected chi connectivity index (χ4v) is 2.22. The Balaban J connectivity index is 2.33. The van der Waals surface area contributed by atoms with Gasteiger partial charge < -0.3 is 11.1 Å².